The van der Waals surface area contributed by atoms with Crippen LogP contribution in [0, 0.1) is 20.8 Å². The second-order valence-corrected chi connectivity index (χ2v) is 10.2. The third-order valence-electron chi connectivity index (χ3n) is 4.69. The molecule has 0 aliphatic rings. The summed E-state index contributed by atoms with van der Waals surface area (Å²) in [6, 6.07) is 19.4. The number of hydrogen-bond donors (Lipinski definition) is 1. The quantitative estimate of drug-likeness (QED) is 0.366. The van der Waals surface area contributed by atoms with Crippen molar-refractivity contribution in [2.75, 3.05) is 10.8 Å². The van der Waals surface area contributed by atoms with Crippen LogP contribution in [0.2, 0.25) is 0 Å². The summed E-state index contributed by atoms with van der Waals surface area (Å²) in [5.41, 5.74) is 6.38. The number of nitrogens with zero attached hydrogens (tertiary/aromatic N) is 2. The lowest BCUT2D eigenvalue weighted by Crippen LogP contribution is -2.39. The molecule has 0 bridgehead atoms. The van der Waals surface area contributed by atoms with Crippen molar-refractivity contribution >= 4 is 43.8 Å². The Balaban J connectivity index is 1.89. The highest BCUT2D eigenvalue weighted by Crippen LogP contribution is 2.26. The first kappa shape index (κ1) is 23.7. The second kappa shape index (κ2) is 10.1. The molecule has 3 aromatic carbocycles. The van der Waals surface area contributed by atoms with Gasteiger partial charge in [-0.3, -0.25) is 9.10 Å². The van der Waals surface area contributed by atoms with Crippen molar-refractivity contribution in [1.29, 1.82) is 0 Å². The number of nitrogens with one attached hydrogen (secondary N) is 1. The summed E-state index contributed by atoms with van der Waals surface area (Å²) < 4.78 is 28.8. The number of rotatable bonds is 7. The summed E-state index contributed by atoms with van der Waals surface area (Å²) in [6.45, 7) is 5.24. The number of carbonyl (C=O) groups excluding carboxylic acids is 1. The van der Waals surface area contributed by atoms with Gasteiger partial charge in [0.05, 0.1) is 16.8 Å². The Morgan fingerprint density at radius 3 is 2.22 bits per heavy atom. The van der Waals surface area contributed by atoms with Gasteiger partial charge in [0.1, 0.15) is 6.54 Å². The number of benzene rings is 3. The molecule has 3 rings (SSSR count). The molecule has 32 heavy (non-hydrogen) atoms. The van der Waals surface area contributed by atoms with Crippen LogP contribution < -0.4 is 9.73 Å². The zero-order valence-corrected chi connectivity index (χ0v) is 20.4. The van der Waals surface area contributed by atoms with Crippen molar-refractivity contribution in [1.82, 2.24) is 5.43 Å². The fourth-order valence-corrected chi connectivity index (χ4v) is 4.96. The van der Waals surface area contributed by atoms with Crippen molar-refractivity contribution in [2.45, 2.75) is 25.7 Å². The molecule has 3 aromatic rings. The summed E-state index contributed by atoms with van der Waals surface area (Å²) in [5.74, 6) is -0.553. The van der Waals surface area contributed by atoms with Crippen molar-refractivity contribution in [3.63, 3.8) is 0 Å². The molecule has 0 saturated heterocycles. The van der Waals surface area contributed by atoms with E-state index in [4.69, 9.17) is 0 Å². The summed E-state index contributed by atoms with van der Waals surface area (Å²) in [5, 5.41) is 3.97. The molecule has 0 heterocycles. The zero-order valence-electron chi connectivity index (χ0n) is 18.0. The number of anilines is 1. The van der Waals surface area contributed by atoms with E-state index < -0.39 is 22.5 Å². The predicted molar refractivity (Wildman–Crippen MR) is 132 cm³/mol. The monoisotopic (exact) mass is 513 g/mol. The zero-order chi connectivity index (χ0) is 23.3. The van der Waals surface area contributed by atoms with E-state index >= 15 is 0 Å². The van der Waals surface area contributed by atoms with Gasteiger partial charge >= 0.3 is 0 Å². The average molecular weight is 514 g/mol. The Morgan fingerprint density at radius 2 is 1.59 bits per heavy atom. The largest absolute Gasteiger partial charge is 0.271 e. The lowest BCUT2D eigenvalue weighted by molar-refractivity contribution is -0.119. The van der Waals surface area contributed by atoms with Crippen LogP contribution in [0.3, 0.4) is 0 Å². The third kappa shape index (κ3) is 5.83. The lowest BCUT2D eigenvalue weighted by Gasteiger charge is -2.24. The topological polar surface area (TPSA) is 78.8 Å². The smallest absolute Gasteiger partial charge is 0.264 e. The van der Waals surface area contributed by atoms with Crippen LogP contribution in [-0.4, -0.2) is 27.1 Å². The summed E-state index contributed by atoms with van der Waals surface area (Å²) in [6.07, 6.45) is 1.50. The summed E-state index contributed by atoms with van der Waals surface area (Å²) >= 11 is 3.41. The Kier molecular flexibility index (Phi) is 7.48. The van der Waals surface area contributed by atoms with Gasteiger partial charge in [0.15, 0.2) is 0 Å². The van der Waals surface area contributed by atoms with Crippen molar-refractivity contribution in [3.8, 4) is 0 Å². The van der Waals surface area contributed by atoms with Crippen LogP contribution in [0.1, 0.15) is 22.3 Å². The van der Waals surface area contributed by atoms with Crippen molar-refractivity contribution in [3.05, 3.63) is 93.5 Å². The predicted octanol–water partition coefficient (Wildman–Crippen LogP) is 4.72. The van der Waals surface area contributed by atoms with E-state index in [2.05, 4.69) is 26.5 Å². The molecule has 1 N–H and O–H groups in total. The first-order chi connectivity index (χ1) is 15.2. The van der Waals surface area contributed by atoms with E-state index in [-0.39, 0.29) is 4.90 Å². The number of aryl methyl sites for hydroxylation is 3. The maximum absolute atomic E-state index is 13.4. The SMILES string of the molecule is Cc1ccc(S(=O)(=O)N(CC(=O)N/N=C\c2ccccc2Br)c2cc(C)cc(C)c2)cc1. The maximum Gasteiger partial charge on any atom is 0.264 e. The fourth-order valence-electron chi connectivity index (χ4n) is 3.17. The molecule has 0 radical (unpaired) electrons. The third-order valence-corrected chi connectivity index (χ3v) is 7.20. The number of hydrazone groups is 1. The number of carbonyl (C=O) groups is 1. The summed E-state index contributed by atoms with van der Waals surface area (Å²) in [4.78, 5) is 12.8. The number of halogens is 1. The standard InChI is InChI=1S/C24H24BrN3O3S/c1-17-8-10-22(11-9-17)32(30,31)28(21-13-18(2)12-19(3)14-21)16-24(29)27-26-15-20-6-4-5-7-23(20)25/h4-15H,16H2,1-3H3,(H,27,29)/b26-15-. The van der Waals surface area contributed by atoms with Crippen LogP contribution in [0.25, 0.3) is 0 Å². The minimum atomic E-state index is -3.97. The first-order valence-corrected chi connectivity index (χ1v) is 12.1. The molecule has 0 fully saturated rings. The van der Waals surface area contributed by atoms with E-state index in [1.54, 1.807) is 36.4 Å². The van der Waals surface area contributed by atoms with Gasteiger partial charge in [0, 0.05) is 10.0 Å². The number of sulfonamides is 1. The molecule has 0 unspecified atom stereocenters. The van der Waals surface area contributed by atoms with E-state index in [0.717, 1.165) is 31.0 Å². The minimum absolute atomic E-state index is 0.117. The van der Waals surface area contributed by atoms with E-state index in [1.165, 1.54) is 6.21 Å². The average Bonchev–Trinajstić information content (AvgIpc) is 2.73. The highest BCUT2D eigenvalue weighted by Gasteiger charge is 2.27. The van der Waals surface area contributed by atoms with Crippen molar-refractivity contribution < 1.29 is 13.2 Å². The van der Waals surface area contributed by atoms with E-state index in [0.29, 0.717) is 5.69 Å². The highest BCUT2D eigenvalue weighted by molar-refractivity contribution is 9.10. The molecule has 1 amide bonds. The molecule has 166 valence electrons. The highest BCUT2D eigenvalue weighted by atomic mass is 79.9. The van der Waals surface area contributed by atoms with Crippen LogP contribution in [0.15, 0.2) is 81.2 Å². The number of hydrogen-bond acceptors (Lipinski definition) is 4. The van der Waals surface area contributed by atoms with Crippen LogP contribution in [-0.2, 0) is 14.8 Å². The van der Waals surface area contributed by atoms with Gasteiger partial charge in [0.25, 0.3) is 15.9 Å². The molecule has 0 aromatic heterocycles. The van der Waals surface area contributed by atoms with Crippen LogP contribution in [0.4, 0.5) is 5.69 Å². The van der Waals surface area contributed by atoms with Gasteiger partial charge in [-0.1, -0.05) is 57.9 Å². The van der Waals surface area contributed by atoms with Gasteiger partial charge in [-0.25, -0.2) is 13.8 Å². The van der Waals surface area contributed by atoms with Gasteiger partial charge in [-0.05, 0) is 62.2 Å². The molecular weight excluding hydrogens is 490 g/mol. The molecule has 8 heteroatoms. The fraction of sp³-hybridized carbons (Fsp3) is 0.167. The Morgan fingerprint density at radius 1 is 0.969 bits per heavy atom. The maximum atomic E-state index is 13.4. The molecule has 0 aliphatic heterocycles. The lowest BCUT2D eigenvalue weighted by atomic mass is 10.1. The molecule has 6 nitrogen and oxygen atoms in total. The van der Waals surface area contributed by atoms with Gasteiger partial charge < -0.3 is 0 Å². The first-order valence-electron chi connectivity index (χ1n) is 9.91. The van der Waals surface area contributed by atoms with Gasteiger partial charge in [0.2, 0.25) is 0 Å². The normalized spacial score (nSPS) is 11.5. The van der Waals surface area contributed by atoms with Gasteiger partial charge in [-0.15, -0.1) is 0 Å². The molecule has 0 saturated carbocycles. The Hall–Kier alpha value is -2.97. The Bertz CT molecular complexity index is 1240. The molecule has 0 aliphatic carbocycles. The van der Waals surface area contributed by atoms with Gasteiger partial charge in [-0.2, -0.15) is 5.10 Å². The molecular formula is C24H24BrN3O3S. The molecule has 0 atom stereocenters. The van der Waals surface area contributed by atoms with Crippen LogP contribution >= 0.6 is 15.9 Å². The van der Waals surface area contributed by atoms with E-state index in [9.17, 15) is 13.2 Å². The molecule has 0 spiro atoms. The minimum Gasteiger partial charge on any atom is -0.271 e. The van der Waals surface area contributed by atoms with Crippen molar-refractivity contribution in [2.24, 2.45) is 5.10 Å². The number of amides is 1. The van der Waals surface area contributed by atoms with Crippen LogP contribution in [0.5, 0.6) is 0 Å². The Labute approximate surface area is 197 Å². The second-order valence-electron chi connectivity index (χ2n) is 7.49. The van der Waals surface area contributed by atoms with E-state index in [1.807, 2.05) is 51.1 Å². The summed E-state index contributed by atoms with van der Waals surface area (Å²) in [7, 11) is -3.97.